The summed E-state index contributed by atoms with van der Waals surface area (Å²) in [5.41, 5.74) is 2.29. The van der Waals surface area contributed by atoms with E-state index in [1.807, 2.05) is 40.9 Å². The van der Waals surface area contributed by atoms with E-state index >= 15 is 0 Å². The summed E-state index contributed by atoms with van der Waals surface area (Å²) in [5.74, 6) is 3.95. The van der Waals surface area contributed by atoms with Crippen molar-refractivity contribution >= 4 is 35.0 Å². The molecule has 3 heterocycles. The zero-order valence-electron chi connectivity index (χ0n) is 14.7. The number of aryl methyl sites for hydroxylation is 1. The molecule has 4 rings (SSSR count). The molecule has 0 saturated carbocycles. The number of rotatable bonds is 4. The Balaban J connectivity index is 1.41. The minimum atomic E-state index is 0.0756. The Morgan fingerprint density at radius 1 is 1.15 bits per heavy atom. The van der Waals surface area contributed by atoms with Gasteiger partial charge in [-0.15, -0.1) is 0 Å². The fourth-order valence-electron chi connectivity index (χ4n) is 3.46. The van der Waals surface area contributed by atoms with E-state index < -0.39 is 0 Å². The number of nitrogens with one attached hydrogen (secondary N) is 1. The number of para-hydroxylation sites is 1. The second-order valence-electron chi connectivity index (χ2n) is 6.49. The molecule has 7 heteroatoms. The van der Waals surface area contributed by atoms with Crippen LogP contribution in [0.3, 0.4) is 0 Å². The second-order valence-corrected chi connectivity index (χ2v) is 7.72. The molecule has 1 aromatic heterocycles. The molecule has 26 heavy (non-hydrogen) atoms. The molecule has 1 amide bonds. The van der Waals surface area contributed by atoms with Crippen LogP contribution in [0, 0.1) is 0 Å². The van der Waals surface area contributed by atoms with Crippen molar-refractivity contribution in [3.05, 3.63) is 42.2 Å². The van der Waals surface area contributed by atoms with E-state index in [9.17, 15) is 4.79 Å². The van der Waals surface area contributed by atoms with Crippen molar-refractivity contribution in [1.29, 1.82) is 0 Å². The Kier molecular flexibility index (Phi) is 5.24. The number of benzene rings is 1. The molecule has 0 aliphatic carbocycles. The van der Waals surface area contributed by atoms with E-state index in [2.05, 4.69) is 26.3 Å². The van der Waals surface area contributed by atoms with Gasteiger partial charge in [-0.3, -0.25) is 4.79 Å². The van der Waals surface area contributed by atoms with Crippen molar-refractivity contribution in [1.82, 2.24) is 9.97 Å². The molecule has 1 aromatic carbocycles. The first-order valence-electron chi connectivity index (χ1n) is 9.08. The van der Waals surface area contributed by atoms with E-state index in [4.69, 9.17) is 0 Å². The summed E-state index contributed by atoms with van der Waals surface area (Å²) in [7, 11) is 0. The minimum Gasteiger partial charge on any atom is -0.361 e. The zero-order valence-corrected chi connectivity index (χ0v) is 15.5. The lowest BCUT2D eigenvalue weighted by Crippen LogP contribution is -2.39. The van der Waals surface area contributed by atoms with Crippen LogP contribution in [0.1, 0.15) is 12.0 Å². The maximum absolute atomic E-state index is 12.7. The standard InChI is InChI=1S/C19H23N5OS/c25-19(24-7-3-5-15-4-1-2-6-16(15)24)13-20-17-12-18(22-14-21-17)23-8-10-26-11-9-23/h1-2,4,6,12,14H,3,5,7-11,13H2,(H,20,21,22). The van der Waals surface area contributed by atoms with Gasteiger partial charge in [-0.2, -0.15) is 11.8 Å². The highest BCUT2D eigenvalue weighted by Gasteiger charge is 2.22. The third kappa shape index (κ3) is 3.77. The van der Waals surface area contributed by atoms with E-state index in [0.717, 1.165) is 55.5 Å². The number of aromatic nitrogens is 2. The van der Waals surface area contributed by atoms with Crippen LogP contribution in [0.15, 0.2) is 36.7 Å². The van der Waals surface area contributed by atoms with Gasteiger partial charge in [-0.05, 0) is 24.5 Å². The number of thioether (sulfide) groups is 1. The van der Waals surface area contributed by atoms with E-state index in [0.29, 0.717) is 5.82 Å². The lowest BCUT2D eigenvalue weighted by Gasteiger charge is -2.29. The third-order valence-corrected chi connectivity index (χ3v) is 5.76. The smallest absolute Gasteiger partial charge is 0.246 e. The summed E-state index contributed by atoms with van der Waals surface area (Å²) in [5, 5.41) is 3.18. The van der Waals surface area contributed by atoms with Crippen LogP contribution >= 0.6 is 11.8 Å². The van der Waals surface area contributed by atoms with Gasteiger partial charge in [-0.25, -0.2) is 9.97 Å². The quantitative estimate of drug-likeness (QED) is 0.893. The largest absolute Gasteiger partial charge is 0.361 e. The number of amides is 1. The van der Waals surface area contributed by atoms with Gasteiger partial charge in [0.1, 0.15) is 18.0 Å². The van der Waals surface area contributed by atoms with Gasteiger partial charge in [0, 0.05) is 42.9 Å². The minimum absolute atomic E-state index is 0.0756. The average molecular weight is 369 g/mol. The summed E-state index contributed by atoms with van der Waals surface area (Å²) < 4.78 is 0. The number of carbonyl (C=O) groups excluding carboxylic acids is 1. The molecule has 0 bridgehead atoms. The molecule has 136 valence electrons. The number of anilines is 3. The zero-order chi connectivity index (χ0) is 17.8. The van der Waals surface area contributed by atoms with Crippen LogP contribution in [-0.4, -0.2) is 53.6 Å². The average Bonchev–Trinajstić information content (AvgIpc) is 2.72. The topological polar surface area (TPSA) is 61.4 Å². The molecule has 0 atom stereocenters. The van der Waals surface area contributed by atoms with Crippen LogP contribution in [0.2, 0.25) is 0 Å². The Labute approximate surface area is 158 Å². The number of nitrogens with zero attached hydrogens (tertiary/aromatic N) is 4. The normalized spacial score (nSPS) is 16.9. The van der Waals surface area contributed by atoms with E-state index in [-0.39, 0.29) is 12.5 Å². The highest BCUT2D eigenvalue weighted by molar-refractivity contribution is 7.99. The molecule has 0 unspecified atom stereocenters. The van der Waals surface area contributed by atoms with Gasteiger partial charge >= 0.3 is 0 Å². The SMILES string of the molecule is O=C(CNc1cc(N2CCSCC2)ncn1)N1CCCc2ccccc21. The van der Waals surface area contributed by atoms with Crippen molar-refractivity contribution in [2.75, 3.05) is 52.8 Å². The molecule has 0 spiro atoms. The van der Waals surface area contributed by atoms with Gasteiger partial charge in [0.05, 0.1) is 6.54 Å². The Morgan fingerprint density at radius 2 is 2.00 bits per heavy atom. The van der Waals surface area contributed by atoms with Crippen LogP contribution in [0.4, 0.5) is 17.3 Å². The van der Waals surface area contributed by atoms with Gasteiger partial charge in [0.25, 0.3) is 0 Å². The van der Waals surface area contributed by atoms with Crippen LogP contribution in [-0.2, 0) is 11.2 Å². The molecule has 2 aromatic rings. The molecule has 1 N–H and O–H groups in total. The molecule has 1 fully saturated rings. The van der Waals surface area contributed by atoms with Crippen molar-refractivity contribution in [2.24, 2.45) is 0 Å². The van der Waals surface area contributed by atoms with Crippen molar-refractivity contribution in [3.8, 4) is 0 Å². The third-order valence-electron chi connectivity index (χ3n) is 4.82. The Bertz CT molecular complexity index is 778. The molecule has 2 aliphatic heterocycles. The van der Waals surface area contributed by atoms with E-state index in [1.54, 1.807) is 6.33 Å². The van der Waals surface area contributed by atoms with Crippen LogP contribution in [0.25, 0.3) is 0 Å². The van der Waals surface area contributed by atoms with Gasteiger partial charge in [0.15, 0.2) is 0 Å². The number of hydrogen-bond acceptors (Lipinski definition) is 6. The maximum Gasteiger partial charge on any atom is 0.246 e. The summed E-state index contributed by atoms with van der Waals surface area (Å²) in [4.78, 5) is 25.5. The number of fused-ring (bicyclic) bond motifs is 1. The first-order valence-corrected chi connectivity index (χ1v) is 10.2. The summed E-state index contributed by atoms with van der Waals surface area (Å²) in [6.07, 6.45) is 3.62. The van der Waals surface area contributed by atoms with Crippen molar-refractivity contribution in [2.45, 2.75) is 12.8 Å². The molecule has 1 saturated heterocycles. The maximum atomic E-state index is 12.7. The first-order chi connectivity index (χ1) is 12.8. The fourth-order valence-corrected chi connectivity index (χ4v) is 4.37. The predicted molar refractivity (Wildman–Crippen MR) is 107 cm³/mol. The number of carbonyl (C=O) groups is 1. The second kappa shape index (κ2) is 7.95. The lowest BCUT2D eigenvalue weighted by molar-refractivity contribution is -0.117. The highest BCUT2D eigenvalue weighted by Crippen LogP contribution is 2.26. The monoisotopic (exact) mass is 369 g/mol. The molecule has 6 nitrogen and oxygen atoms in total. The Morgan fingerprint density at radius 3 is 2.88 bits per heavy atom. The molecular formula is C19H23N5OS. The van der Waals surface area contributed by atoms with E-state index in [1.165, 1.54) is 5.56 Å². The summed E-state index contributed by atoms with van der Waals surface area (Å²) >= 11 is 1.97. The fraction of sp³-hybridized carbons (Fsp3) is 0.421. The molecule has 0 radical (unpaired) electrons. The summed E-state index contributed by atoms with van der Waals surface area (Å²) in [6.45, 7) is 3.02. The van der Waals surface area contributed by atoms with Crippen molar-refractivity contribution < 1.29 is 4.79 Å². The summed E-state index contributed by atoms with van der Waals surface area (Å²) in [6, 6.07) is 10.1. The molecular weight excluding hydrogens is 346 g/mol. The highest BCUT2D eigenvalue weighted by atomic mass is 32.2. The lowest BCUT2D eigenvalue weighted by atomic mass is 10.0. The number of hydrogen-bond donors (Lipinski definition) is 1. The van der Waals surface area contributed by atoms with Gasteiger partial charge < -0.3 is 15.1 Å². The Hall–Kier alpha value is -2.28. The van der Waals surface area contributed by atoms with Crippen LogP contribution < -0.4 is 15.1 Å². The van der Waals surface area contributed by atoms with Crippen LogP contribution in [0.5, 0.6) is 0 Å². The predicted octanol–water partition coefficient (Wildman–Crippen LogP) is 2.42. The molecule has 2 aliphatic rings. The van der Waals surface area contributed by atoms with Gasteiger partial charge in [0.2, 0.25) is 5.91 Å². The first kappa shape index (κ1) is 17.1. The van der Waals surface area contributed by atoms with Crippen molar-refractivity contribution in [3.63, 3.8) is 0 Å². The van der Waals surface area contributed by atoms with Gasteiger partial charge in [-0.1, -0.05) is 18.2 Å².